The molecule has 0 spiro atoms. The Hall–Kier alpha value is -0.700. The Bertz CT molecular complexity index is 369. The molecule has 0 aromatic rings. The van der Waals surface area contributed by atoms with Gasteiger partial charge in [-0.3, -0.25) is 0 Å². The molecule has 2 aliphatic rings. The molecular formula is C18H29NOS. The molecule has 118 valence electrons. The summed E-state index contributed by atoms with van der Waals surface area (Å²) in [5.41, 5.74) is 1.00. The minimum Gasteiger partial charge on any atom is -0.411 e. The van der Waals surface area contributed by atoms with Crippen LogP contribution in [0.4, 0.5) is 0 Å². The van der Waals surface area contributed by atoms with E-state index in [0.29, 0.717) is 5.25 Å². The highest BCUT2D eigenvalue weighted by atomic mass is 32.2. The summed E-state index contributed by atoms with van der Waals surface area (Å²) in [5.74, 6) is 0. The Morgan fingerprint density at radius 2 is 1.52 bits per heavy atom. The van der Waals surface area contributed by atoms with E-state index in [9.17, 15) is 5.21 Å². The molecule has 0 saturated heterocycles. The topological polar surface area (TPSA) is 32.6 Å². The molecule has 0 heterocycles. The number of thioether (sulfide) groups is 1. The number of oxime groups is 1. The smallest absolute Gasteiger partial charge is 0.0703 e. The third-order valence-electron chi connectivity index (χ3n) is 4.41. The average Bonchev–Trinajstić information content (AvgIpc) is 2.51. The Morgan fingerprint density at radius 3 is 2.24 bits per heavy atom. The summed E-state index contributed by atoms with van der Waals surface area (Å²) in [6.07, 6.45) is 22.3. The first-order valence-corrected chi connectivity index (χ1v) is 9.50. The van der Waals surface area contributed by atoms with Crippen molar-refractivity contribution in [3.8, 4) is 0 Å². The van der Waals surface area contributed by atoms with Crippen molar-refractivity contribution < 1.29 is 5.21 Å². The van der Waals surface area contributed by atoms with E-state index in [2.05, 4.69) is 41.2 Å². The lowest BCUT2D eigenvalue weighted by molar-refractivity contribution is 0.316. The maximum Gasteiger partial charge on any atom is 0.0703 e. The van der Waals surface area contributed by atoms with Crippen molar-refractivity contribution in [2.45, 2.75) is 81.1 Å². The third-order valence-corrected chi connectivity index (χ3v) is 6.10. The normalized spacial score (nSPS) is 28.2. The maximum absolute atomic E-state index is 9.43. The molecule has 1 fully saturated rings. The van der Waals surface area contributed by atoms with Gasteiger partial charge in [0.05, 0.1) is 5.71 Å². The monoisotopic (exact) mass is 307 g/mol. The van der Waals surface area contributed by atoms with Crippen LogP contribution < -0.4 is 0 Å². The summed E-state index contributed by atoms with van der Waals surface area (Å²) < 4.78 is 0. The second kappa shape index (κ2) is 10.1. The Kier molecular flexibility index (Phi) is 8.01. The molecule has 2 nitrogen and oxygen atoms in total. The summed E-state index contributed by atoms with van der Waals surface area (Å²) in [6, 6.07) is 0. The molecule has 0 aromatic heterocycles. The highest BCUT2D eigenvalue weighted by molar-refractivity contribution is 8.01. The summed E-state index contributed by atoms with van der Waals surface area (Å²) >= 11 is 2.08. The van der Waals surface area contributed by atoms with Gasteiger partial charge < -0.3 is 5.21 Å². The number of allylic oxidation sites excluding steroid dienone is 4. The fourth-order valence-corrected chi connectivity index (χ4v) is 4.83. The van der Waals surface area contributed by atoms with E-state index in [-0.39, 0.29) is 0 Å². The average molecular weight is 308 g/mol. The van der Waals surface area contributed by atoms with Crippen LogP contribution in [0.5, 0.6) is 0 Å². The van der Waals surface area contributed by atoms with Crippen LogP contribution in [0.15, 0.2) is 29.5 Å². The van der Waals surface area contributed by atoms with Gasteiger partial charge in [0.2, 0.25) is 0 Å². The summed E-state index contributed by atoms with van der Waals surface area (Å²) in [5, 5.41) is 14.3. The fourth-order valence-electron chi connectivity index (χ4n) is 3.16. The predicted octanol–water partition coefficient (Wildman–Crippen LogP) is 5.72. The maximum atomic E-state index is 9.43. The SMILES string of the molecule is ON=C1CCC=CCCC=CCCC1SC1CCCCC1. The second-order valence-corrected chi connectivity index (χ2v) is 7.62. The first-order chi connectivity index (χ1) is 10.4. The van der Waals surface area contributed by atoms with Crippen LogP contribution in [0.25, 0.3) is 0 Å². The molecule has 2 rings (SSSR count). The first kappa shape index (κ1) is 16.7. The molecule has 0 aromatic carbocycles. The minimum atomic E-state index is 0.399. The zero-order chi connectivity index (χ0) is 14.8. The zero-order valence-corrected chi connectivity index (χ0v) is 13.9. The predicted molar refractivity (Wildman–Crippen MR) is 93.5 cm³/mol. The lowest BCUT2D eigenvalue weighted by atomic mass is 10.0. The molecule has 0 bridgehead atoms. The van der Waals surface area contributed by atoms with Crippen molar-refractivity contribution in [1.29, 1.82) is 0 Å². The van der Waals surface area contributed by atoms with Gasteiger partial charge in [-0.2, -0.15) is 0 Å². The van der Waals surface area contributed by atoms with Gasteiger partial charge >= 0.3 is 0 Å². The van der Waals surface area contributed by atoms with E-state index in [1.165, 1.54) is 32.1 Å². The molecule has 21 heavy (non-hydrogen) atoms. The summed E-state index contributed by atoms with van der Waals surface area (Å²) in [4.78, 5) is 0. The van der Waals surface area contributed by atoms with E-state index >= 15 is 0 Å². The van der Waals surface area contributed by atoms with Crippen LogP contribution in [-0.2, 0) is 0 Å². The number of nitrogens with zero attached hydrogens (tertiary/aromatic N) is 1. The molecular weight excluding hydrogens is 278 g/mol. The number of hydrogen-bond donors (Lipinski definition) is 1. The van der Waals surface area contributed by atoms with Crippen molar-refractivity contribution in [3.63, 3.8) is 0 Å². The molecule has 0 amide bonds. The van der Waals surface area contributed by atoms with Crippen LogP contribution in [-0.4, -0.2) is 21.4 Å². The molecule has 0 radical (unpaired) electrons. The number of rotatable bonds is 2. The third kappa shape index (κ3) is 6.29. The highest BCUT2D eigenvalue weighted by Gasteiger charge is 2.23. The largest absolute Gasteiger partial charge is 0.411 e. The van der Waals surface area contributed by atoms with Gasteiger partial charge in [0.1, 0.15) is 0 Å². The lowest BCUT2D eigenvalue weighted by Gasteiger charge is -2.26. The van der Waals surface area contributed by atoms with Crippen LogP contribution in [0.1, 0.15) is 70.6 Å². The van der Waals surface area contributed by atoms with E-state index < -0.39 is 0 Å². The second-order valence-electron chi connectivity index (χ2n) is 6.11. The molecule has 0 aliphatic heterocycles. The summed E-state index contributed by atoms with van der Waals surface area (Å²) in [7, 11) is 0. The van der Waals surface area contributed by atoms with E-state index in [1.54, 1.807) is 0 Å². The van der Waals surface area contributed by atoms with Crippen LogP contribution in [0.3, 0.4) is 0 Å². The lowest BCUT2D eigenvalue weighted by Crippen LogP contribution is -2.22. The van der Waals surface area contributed by atoms with Crippen molar-refractivity contribution in [3.05, 3.63) is 24.3 Å². The molecule has 3 heteroatoms. The van der Waals surface area contributed by atoms with Crippen molar-refractivity contribution in [1.82, 2.24) is 0 Å². The standard InChI is InChI=1S/C18H29NOS/c20-19-17-14-10-5-3-1-2-4-6-11-15-18(17)21-16-12-8-7-9-13-16/h3-6,16,18,20H,1-2,7-15H2. The molecule has 1 saturated carbocycles. The van der Waals surface area contributed by atoms with Gasteiger partial charge in [-0.05, 0) is 51.4 Å². The van der Waals surface area contributed by atoms with E-state index in [1.807, 2.05) is 0 Å². The quantitative estimate of drug-likeness (QED) is 0.402. The van der Waals surface area contributed by atoms with Crippen molar-refractivity contribution >= 4 is 17.5 Å². The molecule has 2 aliphatic carbocycles. The Morgan fingerprint density at radius 1 is 0.857 bits per heavy atom. The Labute approximate surface area is 133 Å². The van der Waals surface area contributed by atoms with Gasteiger partial charge in [-0.1, -0.05) is 48.7 Å². The van der Waals surface area contributed by atoms with Crippen molar-refractivity contribution in [2.75, 3.05) is 0 Å². The minimum absolute atomic E-state index is 0.399. The van der Waals surface area contributed by atoms with Gasteiger partial charge in [0.25, 0.3) is 0 Å². The van der Waals surface area contributed by atoms with Gasteiger partial charge in [-0.25, -0.2) is 0 Å². The van der Waals surface area contributed by atoms with E-state index in [4.69, 9.17) is 0 Å². The van der Waals surface area contributed by atoms with Crippen LogP contribution >= 0.6 is 11.8 Å². The molecule has 1 unspecified atom stereocenters. The first-order valence-electron chi connectivity index (χ1n) is 8.56. The summed E-state index contributed by atoms with van der Waals surface area (Å²) in [6.45, 7) is 0. The fraction of sp³-hybridized carbons (Fsp3) is 0.722. The van der Waals surface area contributed by atoms with Crippen LogP contribution in [0, 0.1) is 0 Å². The number of hydrogen-bond acceptors (Lipinski definition) is 3. The van der Waals surface area contributed by atoms with Gasteiger partial charge in [0, 0.05) is 10.5 Å². The molecule has 1 atom stereocenters. The van der Waals surface area contributed by atoms with E-state index in [0.717, 1.165) is 49.5 Å². The van der Waals surface area contributed by atoms with Gasteiger partial charge in [-0.15, -0.1) is 11.8 Å². The van der Waals surface area contributed by atoms with Crippen LogP contribution in [0.2, 0.25) is 0 Å². The zero-order valence-electron chi connectivity index (χ0n) is 13.0. The Balaban J connectivity index is 1.97. The van der Waals surface area contributed by atoms with Gasteiger partial charge in [0.15, 0.2) is 0 Å². The highest BCUT2D eigenvalue weighted by Crippen LogP contribution is 2.34. The molecule has 1 N–H and O–H groups in total. The van der Waals surface area contributed by atoms with Crippen molar-refractivity contribution in [2.24, 2.45) is 5.16 Å².